The zero-order valence-electron chi connectivity index (χ0n) is 14.8. The van der Waals surface area contributed by atoms with E-state index in [0.717, 1.165) is 40.0 Å². The topological polar surface area (TPSA) is 75.9 Å². The first kappa shape index (κ1) is 17.7. The molecule has 1 aliphatic carbocycles. The number of urea groups is 1. The minimum Gasteiger partial charge on any atom is -0.323 e. The zero-order chi connectivity index (χ0) is 18.8. The lowest BCUT2D eigenvalue weighted by atomic mass is 10.2. The predicted molar refractivity (Wildman–Crippen MR) is 106 cm³/mol. The first-order valence-corrected chi connectivity index (χ1v) is 9.55. The van der Waals surface area contributed by atoms with Gasteiger partial charge >= 0.3 is 6.03 Å². The maximum atomic E-state index is 12.5. The van der Waals surface area contributed by atoms with Gasteiger partial charge in [-0.15, -0.1) is 5.10 Å². The van der Waals surface area contributed by atoms with E-state index in [1.165, 1.54) is 0 Å². The number of nitrogens with one attached hydrogen (secondary N) is 1. The molecule has 138 valence electrons. The van der Waals surface area contributed by atoms with Crippen LogP contribution < -0.4 is 5.32 Å². The monoisotopic (exact) mass is 426 g/mol. The average Bonchev–Trinajstić information content (AvgIpc) is 3.41. The van der Waals surface area contributed by atoms with Crippen molar-refractivity contribution in [2.24, 2.45) is 0 Å². The summed E-state index contributed by atoms with van der Waals surface area (Å²) in [6.45, 7) is 0.515. The summed E-state index contributed by atoms with van der Waals surface area (Å²) in [7, 11) is 1.77. The number of rotatable bonds is 5. The van der Waals surface area contributed by atoms with Gasteiger partial charge in [-0.25, -0.2) is 9.48 Å². The van der Waals surface area contributed by atoms with E-state index in [4.69, 9.17) is 0 Å². The number of hydrogen-bond acceptors (Lipinski definition) is 4. The quantitative estimate of drug-likeness (QED) is 0.665. The van der Waals surface area contributed by atoms with E-state index < -0.39 is 0 Å². The number of nitrogens with zero attached hydrogens (tertiary/aromatic N) is 5. The standard InChI is InChI=1S/C19H19BrN6O/c1-25(12-14-4-2-3-5-17(14)20)19(27)21-15-8-6-13(7-9-15)18-22-23-24-26(18)16-10-11-16/h2-9,16H,10-12H2,1H3,(H,21,27). The lowest BCUT2D eigenvalue weighted by molar-refractivity contribution is 0.220. The van der Waals surface area contributed by atoms with E-state index in [-0.39, 0.29) is 6.03 Å². The molecular weight excluding hydrogens is 408 g/mol. The number of tetrazole rings is 1. The molecule has 4 rings (SSSR count). The molecule has 27 heavy (non-hydrogen) atoms. The van der Waals surface area contributed by atoms with Gasteiger partial charge in [-0.05, 0) is 59.2 Å². The largest absolute Gasteiger partial charge is 0.323 e. The normalized spacial score (nSPS) is 13.4. The summed E-state index contributed by atoms with van der Waals surface area (Å²) in [4.78, 5) is 14.1. The minimum atomic E-state index is -0.165. The summed E-state index contributed by atoms with van der Waals surface area (Å²) in [5.74, 6) is 0.765. The van der Waals surface area contributed by atoms with Crippen LogP contribution in [0.5, 0.6) is 0 Å². The fraction of sp³-hybridized carbons (Fsp3) is 0.263. The fourth-order valence-corrected chi connectivity index (χ4v) is 3.23. The van der Waals surface area contributed by atoms with Crippen LogP contribution in [0, 0.1) is 0 Å². The molecule has 0 unspecified atom stereocenters. The summed E-state index contributed by atoms with van der Waals surface area (Å²) < 4.78 is 2.86. The van der Waals surface area contributed by atoms with E-state index in [1.54, 1.807) is 11.9 Å². The molecule has 3 aromatic rings. The van der Waals surface area contributed by atoms with E-state index in [1.807, 2.05) is 53.2 Å². The van der Waals surface area contributed by atoms with Gasteiger partial charge in [0.05, 0.1) is 6.04 Å². The molecule has 1 heterocycles. The van der Waals surface area contributed by atoms with E-state index in [2.05, 4.69) is 36.8 Å². The van der Waals surface area contributed by atoms with Gasteiger partial charge in [0.2, 0.25) is 0 Å². The average molecular weight is 427 g/mol. The van der Waals surface area contributed by atoms with Gasteiger partial charge in [-0.2, -0.15) is 0 Å². The highest BCUT2D eigenvalue weighted by Crippen LogP contribution is 2.36. The molecule has 0 aliphatic heterocycles. The van der Waals surface area contributed by atoms with Gasteiger partial charge in [0.25, 0.3) is 0 Å². The lowest BCUT2D eigenvalue weighted by Crippen LogP contribution is -2.30. The maximum Gasteiger partial charge on any atom is 0.321 e. The molecule has 0 atom stereocenters. The van der Waals surface area contributed by atoms with Crippen LogP contribution in [-0.4, -0.2) is 38.2 Å². The maximum absolute atomic E-state index is 12.5. The molecule has 1 aromatic heterocycles. The van der Waals surface area contributed by atoms with Crippen LogP contribution in [0.1, 0.15) is 24.4 Å². The summed E-state index contributed by atoms with van der Waals surface area (Å²) in [5.41, 5.74) is 2.72. The van der Waals surface area contributed by atoms with Crippen molar-refractivity contribution in [3.8, 4) is 11.4 Å². The van der Waals surface area contributed by atoms with Crippen molar-refractivity contribution in [2.75, 3.05) is 12.4 Å². The molecule has 2 amide bonds. The van der Waals surface area contributed by atoms with Crippen molar-refractivity contribution < 1.29 is 4.79 Å². The van der Waals surface area contributed by atoms with E-state index in [0.29, 0.717) is 12.6 Å². The van der Waals surface area contributed by atoms with Crippen LogP contribution >= 0.6 is 15.9 Å². The molecule has 1 N–H and O–H groups in total. The zero-order valence-corrected chi connectivity index (χ0v) is 16.4. The van der Waals surface area contributed by atoms with Crippen molar-refractivity contribution in [3.63, 3.8) is 0 Å². The second-order valence-electron chi connectivity index (χ2n) is 6.63. The molecule has 7 nitrogen and oxygen atoms in total. The first-order valence-electron chi connectivity index (χ1n) is 8.75. The van der Waals surface area contributed by atoms with Gasteiger partial charge in [0.1, 0.15) is 0 Å². The molecule has 0 radical (unpaired) electrons. The lowest BCUT2D eigenvalue weighted by Gasteiger charge is -2.19. The van der Waals surface area contributed by atoms with E-state index in [9.17, 15) is 4.79 Å². The van der Waals surface area contributed by atoms with Crippen LogP contribution in [0.25, 0.3) is 11.4 Å². The molecule has 1 saturated carbocycles. The van der Waals surface area contributed by atoms with Crippen LogP contribution in [0.15, 0.2) is 53.0 Å². The van der Waals surface area contributed by atoms with Crippen molar-refractivity contribution in [3.05, 3.63) is 58.6 Å². The molecule has 1 aliphatic rings. The summed E-state index contributed by atoms with van der Waals surface area (Å²) in [6.07, 6.45) is 2.24. The van der Waals surface area contributed by atoms with Crippen LogP contribution in [0.3, 0.4) is 0 Å². The van der Waals surface area contributed by atoms with Crippen molar-refractivity contribution in [2.45, 2.75) is 25.4 Å². The van der Waals surface area contributed by atoms with E-state index >= 15 is 0 Å². The van der Waals surface area contributed by atoms with Crippen LogP contribution in [-0.2, 0) is 6.54 Å². The number of anilines is 1. The number of hydrogen-bond donors (Lipinski definition) is 1. The Morgan fingerprint density at radius 3 is 2.67 bits per heavy atom. The van der Waals surface area contributed by atoms with Crippen molar-refractivity contribution >= 4 is 27.6 Å². The molecule has 2 aromatic carbocycles. The van der Waals surface area contributed by atoms with Gasteiger partial charge in [0.15, 0.2) is 5.82 Å². The molecule has 8 heteroatoms. The summed E-state index contributed by atoms with van der Waals surface area (Å²) in [5, 5.41) is 14.9. The number of amides is 2. The van der Waals surface area contributed by atoms with Crippen LogP contribution in [0.4, 0.5) is 10.5 Å². The SMILES string of the molecule is CN(Cc1ccccc1Br)C(=O)Nc1ccc(-c2nnnn2C2CC2)cc1. The number of carbonyl (C=O) groups is 1. The Morgan fingerprint density at radius 2 is 1.96 bits per heavy atom. The highest BCUT2D eigenvalue weighted by molar-refractivity contribution is 9.10. The number of aromatic nitrogens is 4. The summed E-state index contributed by atoms with van der Waals surface area (Å²) >= 11 is 3.51. The summed E-state index contributed by atoms with van der Waals surface area (Å²) in [6, 6.07) is 15.7. The third-order valence-electron chi connectivity index (χ3n) is 4.49. The third-order valence-corrected chi connectivity index (χ3v) is 5.27. The van der Waals surface area contributed by atoms with Crippen LogP contribution in [0.2, 0.25) is 0 Å². The smallest absolute Gasteiger partial charge is 0.321 e. The molecule has 1 fully saturated rings. The Morgan fingerprint density at radius 1 is 1.22 bits per heavy atom. The number of halogens is 1. The van der Waals surface area contributed by atoms with Crippen molar-refractivity contribution in [1.82, 2.24) is 25.1 Å². The molecule has 0 spiro atoms. The van der Waals surface area contributed by atoms with Crippen molar-refractivity contribution in [1.29, 1.82) is 0 Å². The Kier molecular flexibility index (Phi) is 4.89. The Bertz CT molecular complexity index is 951. The number of carbonyl (C=O) groups excluding carboxylic acids is 1. The second-order valence-corrected chi connectivity index (χ2v) is 7.49. The number of benzene rings is 2. The Balaban J connectivity index is 1.41. The van der Waals surface area contributed by atoms with Gasteiger partial charge < -0.3 is 10.2 Å². The molecule has 0 saturated heterocycles. The third kappa shape index (κ3) is 4.00. The first-order chi connectivity index (χ1) is 13.1. The highest BCUT2D eigenvalue weighted by Gasteiger charge is 2.28. The Labute approximate surface area is 165 Å². The van der Waals surface area contributed by atoms with Gasteiger partial charge in [-0.1, -0.05) is 34.1 Å². The molecule has 0 bridgehead atoms. The Hall–Kier alpha value is -2.74. The van der Waals surface area contributed by atoms with Gasteiger partial charge in [0, 0.05) is 29.3 Å². The molecular formula is C19H19BrN6O. The second kappa shape index (κ2) is 7.48. The fourth-order valence-electron chi connectivity index (χ4n) is 2.82. The predicted octanol–water partition coefficient (Wildman–Crippen LogP) is 4.10. The highest BCUT2D eigenvalue weighted by atomic mass is 79.9. The minimum absolute atomic E-state index is 0.165. The van der Waals surface area contributed by atoms with Gasteiger partial charge in [-0.3, -0.25) is 0 Å².